The van der Waals surface area contributed by atoms with Crippen LogP contribution in [-0.2, 0) is 6.54 Å². The Bertz CT molecular complexity index is 348. The molecule has 1 fully saturated rings. The summed E-state index contributed by atoms with van der Waals surface area (Å²) < 4.78 is 26.0. The molecule has 88 valence electrons. The second-order valence-electron chi connectivity index (χ2n) is 4.37. The van der Waals surface area contributed by atoms with Gasteiger partial charge in [-0.25, -0.2) is 8.78 Å². The van der Waals surface area contributed by atoms with Crippen molar-refractivity contribution in [2.75, 3.05) is 19.6 Å². The van der Waals surface area contributed by atoms with Gasteiger partial charge in [-0.15, -0.1) is 0 Å². The highest BCUT2D eigenvalue weighted by atomic mass is 19.1. The predicted octanol–water partition coefficient (Wildman–Crippen LogP) is 1.76. The molecule has 16 heavy (non-hydrogen) atoms. The van der Waals surface area contributed by atoms with Crippen LogP contribution in [0.4, 0.5) is 8.78 Å². The Hall–Kier alpha value is -1.00. The standard InChI is InChI=1S/C12H16F2N2/c1-9-7-16(3-2-15-9)8-10-4-11(13)6-12(14)5-10/h4-6,9,15H,2-3,7-8H2,1H3/t9-/m0/s1. The molecule has 1 aliphatic rings. The molecule has 1 heterocycles. The first-order valence-electron chi connectivity index (χ1n) is 5.54. The molecule has 2 nitrogen and oxygen atoms in total. The van der Waals surface area contributed by atoms with Gasteiger partial charge in [0.1, 0.15) is 11.6 Å². The molecule has 1 N–H and O–H groups in total. The number of rotatable bonds is 2. The Kier molecular flexibility index (Phi) is 3.51. The number of piperazine rings is 1. The number of hydrogen-bond acceptors (Lipinski definition) is 2. The van der Waals surface area contributed by atoms with Gasteiger partial charge >= 0.3 is 0 Å². The second-order valence-corrected chi connectivity index (χ2v) is 4.37. The largest absolute Gasteiger partial charge is 0.312 e. The molecule has 0 aromatic heterocycles. The number of halogens is 2. The smallest absolute Gasteiger partial charge is 0.126 e. The third kappa shape index (κ3) is 3.00. The van der Waals surface area contributed by atoms with Gasteiger partial charge in [-0.3, -0.25) is 4.90 Å². The second kappa shape index (κ2) is 4.89. The van der Waals surface area contributed by atoms with E-state index in [0.717, 1.165) is 25.7 Å². The van der Waals surface area contributed by atoms with E-state index in [-0.39, 0.29) is 0 Å². The molecule has 2 rings (SSSR count). The van der Waals surface area contributed by atoms with Gasteiger partial charge in [0, 0.05) is 38.3 Å². The van der Waals surface area contributed by atoms with Crippen LogP contribution in [0.2, 0.25) is 0 Å². The molecule has 0 saturated carbocycles. The van der Waals surface area contributed by atoms with Crippen LogP contribution in [0.25, 0.3) is 0 Å². The summed E-state index contributed by atoms with van der Waals surface area (Å²) in [6.07, 6.45) is 0. The van der Waals surface area contributed by atoms with E-state index in [0.29, 0.717) is 18.2 Å². The van der Waals surface area contributed by atoms with Crippen molar-refractivity contribution >= 4 is 0 Å². The molecule has 1 saturated heterocycles. The topological polar surface area (TPSA) is 15.3 Å². The lowest BCUT2D eigenvalue weighted by Crippen LogP contribution is -2.48. The fourth-order valence-electron chi connectivity index (χ4n) is 2.12. The van der Waals surface area contributed by atoms with Gasteiger partial charge in [-0.1, -0.05) is 0 Å². The minimum absolute atomic E-state index is 0.437. The van der Waals surface area contributed by atoms with Gasteiger partial charge in [0.15, 0.2) is 0 Å². The summed E-state index contributed by atoms with van der Waals surface area (Å²) in [5, 5.41) is 3.33. The summed E-state index contributed by atoms with van der Waals surface area (Å²) in [4.78, 5) is 2.20. The highest BCUT2D eigenvalue weighted by Gasteiger charge is 2.15. The average Bonchev–Trinajstić information content (AvgIpc) is 2.15. The van der Waals surface area contributed by atoms with Crippen LogP contribution in [0.1, 0.15) is 12.5 Å². The summed E-state index contributed by atoms with van der Waals surface area (Å²) in [5.41, 5.74) is 0.701. The van der Waals surface area contributed by atoms with Gasteiger partial charge in [0.05, 0.1) is 0 Å². The van der Waals surface area contributed by atoms with Crippen LogP contribution in [-0.4, -0.2) is 30.6 Å². The quantitative estimate of drug-likeness (QED) is 0.826. The van der Waals surface area contributed by atoms with Crippen LogP contribution in [0, 0.1) is 11.6 Å². The monoisotopic (exact) mass is 226 g/mol. The molecule has 0 amide bonds. The SMILES string of the molecule is C[C@H]1CN(Cc2cc(F)cc(F)c2)CCN1. The van der Waals surface area contributed by atoms with E-state index in [1.807, 2.05) is 0 Å². The Morgan fingerprint density at radius 1 is 1.31 bits per heavy atom. The summed E-state index contributed by atoms with van der Waals surface area (Å²) in [7, 11) is 0. The van der Waals surface area contributed by atoms with E-state index >= 15 is 0 Å². The van der Waals surface area contributed by atoms with E-state index in [2.05, 4.69) is 17.1 Å². The lowest BCUT2D eigenvalue weighted by molar-refractivity contribution is 0.199. The van der Waals surface area contributed by atoms with Crippen molar-refractivity contribution < 1.29 is 8.78 Å². The maximum absolute atomic E-state index is 13.0. The zero-order valence-corrected chi connectivity index (χ0v) is 9.34. The molecule has 1 aliphatic heterocycles. The zero-order chi connectivity index (χ0) is 11.5. The van der Waals surface area contributed by atoms with Gasteiger partial charge in [0.25, 0.3) is 0 Å². The molecule has 0 bridgehead atoms. The van der Waals surface area contributed by atoms with Crippen molar-refractivity contribution in [3.8, 4) is 0 Å². The summed E-state index contributed by atoms with van der Waals surface area (Å²) in [5.74, 6) is -1.00. The van der Waals surface area contributed by atoms with Crippen molar-refractivity contribution in [1.82, 2.24) is 10.2 Å². The average molecular weight is 226 g/mol. The van der Waals surface area contributed by atoms with Crippen molar-refractivity contribution in [2.24, 2.45) is 0 Å². The van der Waals surface area contributed by atoms with E-state index in [4.69, 9.17) is 0 Å². The lowest BCUT2D eigenvalue weighted by Gasteiger charge is -2.31. The molecule has 1 atom stereocenters. The Labute approximate surface area is 94.3 Å². The first kappa shape index (κ1) is 11.5. The van der Waals surface area contributed by atoms with Gasteiger partial charge < -0.3 is 5.32 Å². The molecule has 0 unspecified atom stereocenters. The van der Waals surface area contributed by atoms with Gasteiger partial charge in [-0.2, -0.15) is 0 Å². The van der Waals surface area contributed by atoms with E-state index < -0.39 is 11.6 Å². The van der Waals surface area contributed by atoms with E-state index in [1.165, 1.54) is 12.1 Å². The summed E-state index contributed by atoms with van der Waals surface area (Å²) in [6, 6.07) is 4.14. The first-order valence-corrected chi connectivity index (χ1v) is 5.54. The number of benzene rings is 1. The molecule has 4 heteroatoms. The van der Waals surface area contributed by atoms with E-state index in [1.54, 1.807) is 0 Å². The van der Waals surface area contributed by atoms with Crippen LogP contribution in [0.5, 0.6) is 0 Å². The van der Waals surface area contributed by atoms with Gasteiger partial charge in [0.2, 0.25) is 0 Å². The molecular formula is C12H16F2N2. The van der Waals surface area contributed by atoms with Crippen LogP contribution < -0.4 is 5.32 Å². The molecule has 0 aliphatic carbocycles. The van der Waals surface area contributed by atoms with Crippen molar-refractivity contribution in [2.45, 2.75) is 19.5 Å². The van der Waals surface area contributed by atoms with Crippen LogP contribution in [0.15, 0.2) is 18.2 Å². The highest BCUT2D eigenvalue weighted by Crippen LogP contribution is 2.11. The van der Waals surface area contributed by atoms with Crippen LogP contribution >= 0.6 is 0 Å². The van der Waals surface area contributed by atoms with Crippen LogP contribution in [0.3, 0.4) is 0 Å². The normalized spacial score (nSPS) is 22.3. The van der Waals surface area contributed by atoms with E-state index in [9.17, 15) is 8.78 Å². The maximum atomic E-state index is 13.0. The fraction of sp³-hybridized carbons (Fsp3) is 0.500. The van der Waals surface area contributed by atoms with Gasteiger partial charge in [-0.05, 0) is 24.6 Å². The van der Waals surface area contributed by atoms with Crippen molar-refractivity contribution in [3.63, 3.8) is 0 Å². The Morgan fingerprint density at radius 3 is 2.62 bits per heavy atom. The molecular weight excluding hydrogens is 210 g/mol. The summed E-state index contributed by atoms with van der Waals surface area (Å²) in [6.45, 7) is 5.48. The van der Waals surface area contributed by atoms with Crippen molar-refractivity contribution in [1.29, 1.82) is 0 Å². The molecule has 0 radical (unpaired) electrons. The molecule has 0 spiro atoms. The minimum atomic E-state index is -0.502. The third-order valence-corrected chi connectivity index (χ3v) is 2.78. The maximum Gasteiger partial charge on any atom is 0.126 e. The zero-order valence-electron chi connectivity index (χ0n) is 9.34. The number of nitrogens with zero attached hydrogens (tertiary/aromatic N) is 1. The first-order chi connectivity index (χ1) is 7.63. The number of nitrogens with one attached hydrogen (secondary N) is 1. The minimum Gasteiger partial charge on any atom is -0.312 e. The molecule has 1 aromatic carbocycles. The Morgan fingerprint density at radius 2 is 2.00 bits per heavy atom. The van der Waals surface area contributed by atoms with Crippen molar-refractivity contribution in [3.05, 3.63) is 35.4 Å². The third-order valence-electron chi connectivity index (χ3n) is 2.78. The number of hydrogen-bond donors (Lipinski definition) is 1. The Balaban J connectivity index is 2.02. The highest BCUT2D eigenvalue weighted by molar-refractivity contribution is 5.17. The predicted molar refractivity (Wildman–Crippen MR) is 59.1 cm³/mol. The molecule has 1 aromatic rings. The summed E-state index contributed by atoms with van der Waals surface area (Å²) >= 11 is 0. The fourth-order valence-corrected chi connectivity index (χ4v) is 2.12. The lowest BCUT2D eigenvalue weighted by atomic mass is 10.1.